The summed E-state index contributed by atoms with van der Waals surface area (Å²) in [4.78, 5) is 0. The molecule has 0 aliphatic heterocycles. The molecule has 4 rings (SSSR count). The Morgan fingerprint density at radius 3 is 1.75 bits per heavy atom. The van der Waals surface area contributed by atoms with E-state index in [1.54, 1.807) is 12.1 Å². The molecule has 4 aromatic carbocycles. The van der Waals surface area contributed by atoms with Gasteiger partial charge in [-0.3, -0.25) is 0 Å². The summed E-state index contributed by atoms with van der Waals surface area (Å²) in [5.74, 6) is 0.596. The van der Waals surface area contributed by atoms with Crippen LogP contribution >= 0.6 is 0 Å². The first-order valence-corrected chi connectivity index (χ1v) is 9.32. The van der Waals surface area contributed by atoms with Crippen LogP contribution in [0.3, 0.4) is 0 Å². The minimum atomic E-state index is 0.281. The zero-order valence-corrected chi connectivity index (χ0v) is 16.0. The van der Waals surface area contributed by atoms with E-state index in [9.17, 15) is 10.2 Å². The van der Waals surface area contributed by atoms with E-state index in [0.29, 0.717) is 5.75 Å². The Hall–Kier alpha value is -3.52. The lowest BCUT2D eigenvalue weighted by molar-refractivity contribution is 0.471. The highest BCUT2D eigenvalue weighted by Crippen LogP contribution is 2.36. The summed E-state index contributed by atoms with van der Waals surface area (Å²) in [5, 5.41) is 20.1. The number of aryl methyl sites for hydroxylation is 2. The molecule has 4 aromatic rings. The van der Waals surface area contributed by atoms with Gasteiger partial charge in [0.2, 0.25) is 0 Å². The van der Waals surface area contributed by atoms with E-state index >= 15 is 0 Å². The molecule has 28 heavy (non-hydrogen) atoms. The van der Waals surface area contributed by atoms with Gasteiger partial charge in [0, 0.05) is 5.56 Å². The molecule has 0 amide bonds. The smallest absolute Gasteiger partial charge is 0.123 e. The van der Waals surface area contributed by atoms with Crippen molar-refractivity contribution >= 4 is 0 Å². The van der Waals surface area contributed by atoms with Gasteiger partial charge in [-0.25, -0.2) is 0 Å². The van der Waals surface area contributed by atoms with E-state index in [1.807, 2.05) is 61.5 Å². The topological polar surface area (TPSA) is 40.5 Å². The molecular formula is C26H22O2. The molecule has 0 spiro atoms. The minimum Gasteiger partial charge on any atom is -0.508 e. The summed E-state index contributed by atoms with van der Waals surface area (Å²) in [6, 6.07) is 27.7. The number of phenols is 2. The number of phenolic OH excluding ortho intramolecular Hbond substituents is 2. The van der Waals surface area contributed by atoms with Crippen LogP contribution in [0.2, 0.25) is 0 Å². The van der Waals surface area contributed by atoms with Crippen molar-refractivity contribution in [3.63, 3.8) is 0 Å². The van der Waals surface area contributed by atoms with Gasteiger partial charge < -0.3 is 10.2 Å². The third kappa shape index (κ3) is 3.37. The van der Waals surface area contributed by atoms with Crippen molar-refractivity contribution in [3.05, 3.63) is 96.1 Å². The number of rotatable bonds is 3. The second-order valence-corrected chi connectivity index (χ2v) is 7.13. The molecule has 0 aliphatic carbocycles. The van der Waals surface area contributed by atoms with Crippen LogP contribution in [-0.2, 0) is 0 Å². The maximum Gasteiger partial charge on any atom is 0.123 e. The van der Waals surface area contributed by atoms with E-state index in [4.69, 9.17) is 0 Å². The van der Waals surface area contributed by atoms with Crippen molar-refractivity contribution in [2.45, 2.75) is 13.8 Å². The van der Waals surface area contributed by atoms with Crippen molar-refractivity contribution in [1.29, 1.82) is 0 Å². The average Bonchev–Trinajstić information content (AvgIpc) is 2.71. The number of aromatic hydroxyl groups is 2. The van der Waals surface area contributed by atoms with Gasteiger partial charge in [-0.2, -0.15) is 0 Å². The van der Waals surface area contributed by atoms with Crippen LogP contribution in [0, 0.1) is 13.8 Å². The van der Waals surface area contributed by atoms with Gasteiger partial charge in [-0.05, 0) is 77.1 Å². The summed E-state index contributed by atoms with van der Waals surface area (Å²) in [6.45, 7) is 4.00. The molecule has 0 atom stereocenters. The molecule has 0 bridgehead atoms. The van der Waals surface area contributed by atoms with E-state index in [2.05, 4.69) is 25.1 Å². The summed E-state index contributed by atoms with van der Waals surface area (Å²) in [5.41, 5.74) is 8.26. The predicted molar refractivity (Wildman–Crippen MR) is 116 cm³/mol. The normalized spacial score (nSPS) is 10.8. The van der Waals surface area contributed by atoms with Crippen LogP contribution < -0.4 is 0 Å². The molecular weight excluding hydrogens is 344 g/mol. The molecule has 0 heterocycles. The summed E-state index contributed by atoms with van der Waals surface area (Å²) >= 11 is 0. The molecule has 0 aliphatic rings. The van der Waals surface area contributed by atoms with Gasteiger partial charge in [0.25, 0.3) is 0 Å². The minimum absolute atomic E-state index is 0.281. The second-order valence-electron chi connectivity index (χ2n) is 7.13. The highest BCUT2D eigenvalue weighted by Gasteiger charge is 2.10. The fourth-order valence-corrected chi connectivity index (χ4v) is 3.55. The van der Waals surface area contributed by atoms with E-state index in [1.165, 1.54) is 0 Å². The summed E-state index contributed by atoms with van der Waals surface area (Å²) < 4.78 is 0. The van der Waals surface area contributed by atoms with Gasteiger partial charge in [-0.15, -0.1) is 0 Å². The first-order chi connectivity index (χ1) is 13.5. The lowest BCUT2D eigenvalue weighted by Gasteiger charge is -2.12. The van der Waals surface area contributed by atoms with Gasteiger partial charge >= 0.3 is 0 Å². The Bertz CT molecular complexity index is 1140. The SMILES string of the molecule is Cc1cc(-c2ccc(-c3ccc(O)c(-c4ccccc4)c3)c(C)c2)ccc1O. The van der Waals surface area contributed by atoms with Crippen LogP contribution in [0.25, 0.3) is 33.4 Å². The molecule has 0 aromatic heterocycles. The third-order valence-electron chi connectivity index (χ3n) is 5.15. The molecule has 0 saturated heterocycles. The van der Waals surface area contributed by atoms with E-state index in [-0.39, 0.29) is 5.75 Å². The monoisotopic (exact) mass is 366 g/mol. The Labute approximate surface area is 165 Å². The standard InChI is InChI=1S/C26H22O2/c1-17-14-20(21-9-12-25(27)18(2)15-21)8-11-23(17)22-10-13-26(28)24(16-22)19-6-4-3-5-7-19/h3-16,27-28H,1-2H3. The van der Waals surface area contributed by atoms with Crippen molar-refractivity contribution in [2.24, 2.45) is 0 Å². The molecule has 0 fully saturated rings. The molecule has 2 heteroatoms. The second kappa shape index (κ2) is 7.24. The molecule has 0 unspecified atom stereocenters. The third-order valence-corrected chi connectivity index (χ3v) is 5.15. The molecule has 0 radical (unpaired) electrons. The quantitative estimate of drug-likeness (QED) is 0.423. The van der Waals surface area contributed by atoms with Gasteiger partial charge in [0.05, 0.1) is 0 Å². The molecule has 0 saturated carbocycles. The van der Waals surface area contributed by atoms with Gasteiger partial charge in [0.1, 0.15) is 11.5 Å². The predicted octanol–water partition coefficient (Wildman–Crippen LogP) is 6.72. The molecule has 2 nitrogen and oxygen atoms in total. The lowest BCUT2D eigenvalue weighted by Crippen LogP contribution is -1.88. The number of hydrogen-bond donors (Lipinski definition) is 2. The van der Waals surface area contributed by atoms with Crippen molar-refractivity contribution in [3.8, 4) is 44.9 Å². The van der Waals surface area contributed by atoms with Crippen LogP contribution in [-0.4, -0.2) is 10.2 Å². The zero-order valence-electron chi connectivity index (χ0n) is 16.0. The lowest BCUT2D eigenvalue weighted by atomic mass is 9.93. The molecule has 2 N–H and O–H groups in total. The summed E-state index contributed by atoms with van der Waals surface area (Å²) in [7, 11) is 0. The van der Waals surface area contributed by atoms with Crippen LogP contribution in [0.4, 0.5) is 0 Å². The van der Waals surface area contributed by atoms with Gasteiger partial charge in [-0.1, -0.05) is 60.7 Å². The highest BCUT2D eigenvalue weighted by atomic mass is 16.3. The van der Waals surface area contributed by atoms with Gasteiger partial charge in [0.15, 0.2) is 0 Å². The van der Waals surface area contributed by atoms with Crippen molar-refractivity contribution in [1.82, 2.24) is 0 Å². The van der Waals surface area contributed by atoms with E-state index in [0.717, 1.165) is 44.5 Å². The average molecular weight is 366 g/mol. The maximum atomic E-state index is 10.3. The largest absolute Gasteiger partial charge is 0.508 e. The van der Waals surface area contributed by atoms with Crippen LogP contribution in [0.5, 0.6) is 11.5 Å². The van der Waals surface area contributed by atoms with Crippen LogP contribution in [0.1, 0.15) is 11.1 Å². The highest BCUT2D eigenvalue weighted by molar-refractivity contribution is 5.80. The van der Waals surface area contributed by atoms with Crippen molar-refractivity contribution in [2.75, 3.05) is 0 Å². The Morgan fingerprint density at radius 1 is 0.464 bits per heavy atom. The summed E-state index contributed by atoms with van der Waals surface area (Å²) in [6.07, 6.45) is 0. The Balaban J connectivity index is 1.75. The first kappa shape index (κ1) is 17.9. The fourth-order valence-electron chi connectivity index (χ4n) is 3.55. The Kier molecular flexibility index (Phi) is 4.62. The molecule has 138 valence electrons. The zero-order chi connectivity index (χ0) is 19.7. The number of hydrogen-bond acceptors (Lipinski definition) is 2. The van der Waals surface area contributed by atoms with Crippen LogP contribution in [0.15, 0.2) is 84.9 Å². The Morgan fingerprint density at radius 2 is 1.07 bits per heavy atom. The van der Waals surface area contributed by atoms with E-state index < -0.39 is 0 Å². The van der Waals surface area contributed by atoms with Crippen molar-refractivity contribution < 1.29 is 10.2 Å². The fraction of sp³-hybridized carbons (Fsp3) is 0.0769. The first-order valence-electron chi connectivity index (χ1n) is 9.32. The number of benzene rings is 4. The maximum absolute atomic E-state index is 10.3.